The van der Waals surface area contributed by atoms with E-state index in [4.69, 9.17) is 0 Å². The summed E-state index contributed by atoms with van der Waals surface area (Å²) < 4.78 is 0. The minimum absolute atomic E-state index is 0.0145. The second-order valence-electron chi connectivity index (χ2n) is 5.04. The van der Waals surface area contributed by atoms with Crippen molar-refractivity contribution in [3.63, 3.8) is 0 Å². The SMILES string of the molecule is CC(=O)N1CCCC[C@@]1(C)N1CCCC1. The number of amides is 1. The Morgan fingerprint density at radius 2 is 1.67 bits per heavy atom. The van der Waals surface area contributed by atoms with E-state index < -0.39 is 0 Å². The molecule has 0 aliphatic carbocycles. The summed E-state index contributed by atoms with van der Waals surface area (Å²) in [7, 11) is 0. The van der Waals surface area contributed by atoms with Gasteiger partial charge in [-0.3, -0.25) is 9.69 Å². The van der Waals surface area contributed by atoms with Crippen molar-refractivity contribution in [2.45, 2.75) is 51.6 Å². The molecule has 3 heteroatoms. The zero-order valence-electron chi connectivity index (χ0n) is 9.96. The highest BCUT2D eigenvalue weighted by atomic mass is 16.2. The first-order valence-corrected chi connectivity index (χ1v) is 6.18. The molecule has 3 nitrogen and oxygen atoms in total. The fraction of sp³-hybridized carbons (Fsp3) is 0.917. The molecule has 1 atom stereocenters. The average Bonchev–Trinajstić information content (AvgIpc) is 2.71. The molecule has 0 aromatic carbocycles. The number of likely N-dealkylation sites (tertiary alicyclic amines) is 2. The molecule has 1 amide bonds. The molecule has 15 heavy (non-hydrogen) atoms. The van der Waals surface area contributed by atoms with E-state index in [1.807, 2.05) is 0 Å². The van der Waals surface area contributed by atoms with E-state index in [-0.39, 0.29) is 11.6 Å². The van der Waals surface area contributed by atoms with E-state index in [1.54, 1.807) is 6.92 Å². The van der Waals surface area contributed by atoms with E-state index in [0.717, 1.165) is 13.0 Å². The Morgan fingerprint density at radius 3 is 2.27 bits per heavy atom. The minimum Gasteiger partial charge on any atom is -0.325 e. The third-order valence-electron chi connectivity index (χ3n) is 4.03. The molecule has 0 aromatic heterocycles. The van der Waals surface area contributed by atoms with Gasteiger partial charge < -0.3 is 4.90 Å². The molecule has 2 saturated heterocycles. The van der Waals surface area contributed by atoms with Crippen molar-refractivity contribution in [2.24, 2.45) is 0 Å². The second-order valence-corrected chi connectivity index (χ2v) is 5.04. The molecule has 0 bridgehead atoms. The summed E-state index contributed by atoms with van der Waals surface area (Å²) in [6.07, 6.45) is 6.16. The van der Waals surface area contributed by atoms with Crippen molar-refractivity contribution in [2.75, 3.05) is 19.6 Å². The van der Waals surface area contributed by atoms with E-state index in [9.17, 15) is 4.79 Å². The molecule has 2 aliphatic heterocycles. The van der Waals surface area contributed by atoms with Crippen LogP contribution in [-0.4, -0.2) is 41.0 Å². The zero-order valence-corrected chi connectivity index (χ0v) is 9.96. The molecule has 0 radical (unpaired) electrons. The van der Waals surface area contributed by atoms with Gasteiger partial charge in [-0.2, -0.15) is 0 Å². The quantitative estimate of drug-likeness (QED) is 0.659. The highest BCUT2D eigenvalue weighted by molar-refractivity contribution is 5.74. The van der Waals surface area contributed by atoms with E-state index in [0.29, 0.717) is 0 Å². The Kier molecular flexibility index (Phi) is 3.01. The largest absolute Gasteiger partial charge is 0.325 e. The van der Waals surface area contributed by atoms with Crippen LogP contribution < -0.4 is 0 Å². The Balaban J connectivity index is 2.16. The van der Waals surface area contributed by atoms with Crippen molar-refractivity contribution < 1.29 is 4.79 Å². The lowest BCUT2D eigenvalue weighted by atomic mass is 9.95. The van der Waals surface area contributed by atoms with Crippen LogP contribution >= 0.6 is 0 Å². The highest BCUT2D eigenvalue weighted by Gasteiger charge is 2.41. The van der Waals surface area contributed by atoms with Crippen LogP contribution in [0.15, 0.2) is 0 Å². The van der Waals surface area contributed by atoms with Gasteiger partial charge in [-0.1, -0.05) is 0 Å². The topological polar surface area (TPSA) is 23.6 Å². The summed E-state index contributed by atoms with van der Waals surface area (Å²) in [5.41, 5.74) is 0.0145. The van der Waals surface area contributed by atoms with Gasteiger partial charge in [0.15, 0.2) is 0 Å². The molecule has 0 unspecified atom stereocenters. The van der Waals surface area contributed by atoms with Crippen LogP contribution in [0.4, 0.5) is 0 Å². The number of carbonyl (C=O) groups is 1. The first-order valence-electron chi connectivity index (χ1n) is 6.18. The normalized spacial score (nSPS) is 33.3. The first kappa shape index (κ1) is 10.9. The minimum atomic E-state index is 0.0145. The van der Waals surface area contributed by atoms with Gasteiger partial charge in [0.1, 0.15) is 0 Å². The lowest BCUT2D eigenvalue weighted by Gasteiger charge is -2.50. The summed E-state index contributed by atoms with van der Waals surface area (Å²) in [6, 6.07) is 0. The number of carbonyl (C=O) groups excluding carboxylic acids is 1. The Morgan fingerprint density at radius 1 is 1.07 bits per heavy atom. The summed E-state index contributed by atoms with van der Waals surface area (Å²) in [4.78, 5) is 16.3. The molecule has 0 spiro atoms. The lowest BCUT2D eigenvalue weighted by Crippen LogP contribution is -2.61. The van der Waals surface area contributed by atoms with Gasteiger partial charge in [-0.25, -0.2) is 0 Å². The van der Waals surface area contributed by atoms with Crippen LogP contribution in [0.25, 0.3) is 0 Å². The maximum absolute atomic E-state index is 11.7. The van der Waals surface area contributed by atoms with Crippen LogP contribution in [-0.2, 0) is 4.79 Å². The Labute approximate surface area is 92.4 Å². The zero-order chi connectivity index (χ0) is 10.9. The van der Waals surface area contributed by atoms with Crippen molar-refractivity contribution in [1.82, 2.24) is 9.80 Å². The molecule has 86 valence electrons. The fourth-order valence-electron chi connectivity index (χ4n) is 3.13. The van der Waals surface area contributed by atoms with Crippen molar-refractivity contribution >= 4 is 5.91 Å². The number of nitrogens with zero attached hydrogens (tertiary/aromatic N) is 2. The predicted octanol–water partition coefficient (Wildman–Crippen LogP) is 1.83. The van der Waals surface area contributed by atoms with Gasteiger partial charge >= 0.3 is 0 Å². The number of piperidine rings is 1. The molecular formula is C12H22N2O. The Hall–Kier alpha value is -0.570. The molecule has 0 N–H and O–H groups in total. The molecular weight excluding hydrogens is 188 g/mol. The van der Waals surface area contributed by atoms with Gasteiger partial charge in [0.05, 0.1) is 5.66 Å². The van der Waals surface area contributed by atoms with E-state index in [1.165, 1.54) is 38.8 Å². The number of hydrogen-bond donors (Lipinski definition) is 0. The van der Waals surface area contributed by atoms with E-state index >= 15 is 0 Å². The fourth-order valence-corrected chi connectivity index (χ4v) is 3.13. The van der Waals surface area contributed by atoms with Crippen LogP contribution in [0.2, 0.25) is 0 Å². The molecule has 0 aromatic rings. The molecule has 2 heterocycles. The summed E-state index contributed by atoms with van der Waals surface area (Å²) >= 11 is 0. The van der Waals surface area contributed by atoms with Crippen LogP contribution in [0.3, 0.4) is 0 Å². The third-order valence-corrected chi connectivity index (χ3v) is 4.03. The van der Waals surface area contributed by atoms with Crippen LogP contribution in [0, 0.1) is 0 Å². The maximum atomic E-state index is 11.7. The third kappa shape index (κ3) is 1.89. The molecule has 2 rings (SSSR count). The van der Waals surface area contributed by atoms with Crippen molar-refractivity contribution in [3.8, 4) is 0 Å². The van der Waals surface area contributed by atoms with Gasteiger partial charge in [-0.15, -0.1) is 0 Å². The number of hydrogen-bond acceptors (Lipinski definition) is 2. The summed E-state index contributed by atoms with van der Waals surface area (Å²) in [5, 5.41) is 0. The smallest absolute Gasteiger partial charge is 0.220 e. The van der Waals surface area contributed by atoms with Crippen LogP contribution in [0.5, 0.6) is 0 Å². The first-order chi connectivity index (χ1) is 7.14. The van der Waals surface area contributed by atoms with Gasteiger partial charge in [-0.05, 0) is 39.0 Å². The standard InChI is InChI=1S/C12H22N2O/c1-11(15)14-10-4-3-7-12(14,2)13-8-5-6-9-13/h3-10H2,1-2H3/t12-/m0/s1. The van der Waals surface area contributed by atoms with Crippen molar-refractivity contribution in [1.29, 1.82) is 0 Å². The van der Waals surface area contributed by atoms with Gasteiger partial charge in [0.2, 0.25) is 5.91 Å². The molecule has 0 saturated carbocycles. The van der Waals surface area contributed by atoms with Crippen molar-refractivity contribution in [3.05, 3.63) is 0 Å². The molecule has 2 fully saturated rings. The van der Waals surface area contributed by atoms with Gasteiger partial charge in [0.25, 0.3) is 0 Å². The average molecular weight is 210 g/mol. The maximum Gasteiger partial charge on any atom is 0.220 e. The van der Waals surface area contributed by atoms with Gasteiger partial charge in [0, 0.05) is 26.6 Å². The van der Waals surface area contributed by atoms with E-state index in [2.05, 4.69) is 16.7 Å². The summed E-state index contributed by atoms with van der Waals surface area (Å²) in [5.74, 6) is 0.240. The molecule has 2 aliphatic rings. The highest BCUT2D eigenvalue weighted by Crippen LogP contribution is 2.33. The lowest BCUT2D eigenvalue weighted by molar-refractivity contribution is -0.147. The number of rotatable bonds is 1. The second kappa shape index (κ2) is 4.12. The monoisotopic (exact) mass is 210 g/mol. The summed E-state index contributed by atoms with van der Waals surface area (Å²) in [6.45, 7) is 7.24. The van der Waals surface area contributed by atoms with Crippen LogP contribution in [0.1, 0.15) is 46.0 Å². The Bertz CT molecular complexity index is 248. The predicted molar refractivity (Wildman–Crippen MR) is 60.5 cm³/mol.